The number of nitrogens with zero attached hydrogens (tertiary/aromatic N) is 2. The van der Waals surface area contributed by atoms with E-state index in [1.807, 2.05) is 35.7 Å². The average molecular weight is 385 g/mol. The molecule has 0 unspecified atom stereocenters. The molecule has 0 aliphatic rings. The normalized spacial score (nSPS) is 11.2. The number of oxazole rings is 1. The zero-order valence-corrected chi connectivity index (χ0v) is 15.8. The standard InChI is InChI=1S/C22H15N3O2S/c1-13-23-18(11-27-13)20-24-21(26)19-17(12-28-22(19)25-20)16-9-7-15(8-10-16)14-5-3-2-4-6-14/h2-12H,1H3,(H,24,25,26). The second kappa shape index (κ2) is 6.58. The molecule has 3 heterocycles. The van der Waals surface area contributed by atoms with E-state index in [9.17, 15) is 4.79 Å². The molecule has 5 nitrogen and oxygen atoms in total. The van der Waals surface area contributed by atoms with Gasteiger partial charge in [0.15, 0.2) is 11.7 Å². The number of hydrogen-bond acceptors (Lipinski definition) is 5. The zero-order chi connectivity index (χ0) is 19.1. The lowest BCUT2D eigenvalue weighted by atomic mass is 10.0. The smallest absolute Gasteiger partial charge is 0.260 e. The molecule has 0 saturated carbocycles. The molecule has 3 aromatic heterocycles. The van der Waals surface area contributed by atoms with Gasteiger partial charge in [0.2, 0.25) is 0 Å². The van der Waals surface area contributed by atoms with E-state index in [1.165, 1.54) is 17.6 Å². The van der Waals surface area contributed by atoms with Gasteiger partial charge in [-0.15, -0.1) is 11.3 Å². The van der Waals surface area contributed by atoms with Crippen molar-refractivity contribution in [1.29, 1.82) is 0 Å². The molecule has 2 aromatic carbocycles. The molecule has 0 saturated heterocycles. The Bertz CT molecular complexity index is 1330. The van der Waals surface area contributed by atoms with E-state index >= 15 is 0 Å². The Balaban J connectivity index is 1.57. The molecular weight excluding hydrogens is 370 g/mol. The number of aromatic nitrogens is 3. The Morgan fingerprint density at radius 1 is 0.929 bits per heavy atom. The average Bonchev–Trinajstić information content (AvgIpc) is 3.35. The van der Waals surface area contributed by atoms with E-state index in [0.29, 0.717) is 27.6 Å². The molecule has 0 bridgehead atoms. The minimum atomic E-state index is -0.177. The molecule has 0 aliphatic heterocycles. The molecule has 0 amide bonds. The van der Waals surface area contributed by atoms with Crippen LogP contribution >= 0.6 is 11.3 Å². The number of thiophene rings is 1. The molecule has 6 heteroatoms. The summed E-state index contributed by atoms with van der Waals surface area (Å²) in [4.78, 5) is 25.1. The van der Waals surface area contributed by atoms with Crippen molar-refractivity contribution in [2.24, 2.45) is 0 Å². The highest BCUT2D eigenvalue weighted by Crippen LogP contribution is 2.32. The Kier molecular flexibility index (Phi) is 3.91. The second-order valence-electron chi connectivity index (χ2n) is 6.44. The maximum absolute atomic E-state index is 12.8. The van der Waals surface area contributed by atoms with Crippen LogP contribution in [0.5, 0.6) is 0 Å². The lowest BCUT2D eigenvalue weighted by Gasteiger charge is -2.04. The number of H-pyrrole nitrogens is 1. The fraction of sp³-hybridized carbons (Fsp3) is 0.0455. The van der Waals surface area contributed by atoms with Gasteiger partial charge in [0, 0.05) is 17.9 Å². The highest BCUT2D eigenvalue weighted by Gasteiger charge is 2.15. The summed E-state index contributed by atoms with van der Waals surface area (Å²) >= 11 is 1.45. The Labute approximate surface area is 164 Å². The molecule has 136 valence electrons. The quantitative estimate of drug-likeness (QED) is 0.458. The predicted molar refractivity (Wildman–Crippen MR) is 111 cm³/mol. The summed E-state index contributed by atoms with van der Waals surface area (Å²) in [6.07, 6.45) is 1.50. The summed E-state index contributed by atoms with van der Waals surface area (Å²) < 4.78 is 5.22. The SMILES string of the molecule is Cc1nc(-c2nc3scc(-c4ccc(-c5ccccc5)cc4)c3c(=O)[nH]2)co1. The van der Waals surface area contributed by atoms with Crippen LogP contribution < -0.4 is 5.56 Å². The van der Waals surface area contributed by atoms with Crippen LogP contribution in [0, 0.1) is 6.92 Å². The van der Waals surface area contributed by atoms with E-state index in [2.05, 4.69) is 39.2 Å². The van der Waals surface area contributed by atoms with Crippen molar-refractivity contribution in [1.82, 2.24) is 15.0 Å². The van der Waals surface area contributed by atoms with Gasteiger partial charge in [-0.05, 0) is 16.7 Å². The third-order valence-electron chi connectivity index (χ3n) is 4.61. The first-order valence-electron chi connectivity index (χ1n) is 8.79. The minimum absolute atomic E-state index is 0.177. The van der Waals surface area contributed by atoms with Gasteiger partial charge >= 0.3 is 0 Å². The van der Waals surface area contributed by atoms with E-state index in [0.717, 1.165) is 22.3 Å². The maximum atomic E-state index is 12.8. The molecule has 0 fully saturated rings. The van der Waals surface area contributed by atoms with Gasteiger partial charge in [0.25, 0.3) is 5.56 Å². The van der Waals surface area contributed by atoms with Gasteiger partial charge < -0.3 is 9.40 Å². The van der Waals surface area contributed by atoms with Crippen LogP contribution in [0.1, 0.15) is 5.89 Å². The molecule has 0 radical (unpaired) electrons. The first-order valence-corrected chi connectivity index (χ1v) is 9.67. The van der Waals surface area contributed by atoms with Gasteiger partial charge in [-0.3, -0.25) is 4.79 Å². The van der Waals surface area contributed by atoms with Crippen LogP contribution in [-0.4, -0.2) is 15.0 Å². The Morgan fingerprint density at radius 3 is 2.36 bits per heavy atom. The van der Waals surface area contributed by atoms with Crippen molar-refractivity contribution >= 4 is 21.6 Å². The lowest BCUT2D eigenvalue weighted by molar-refractivity contribution is 0.521. The van der Waals surface area contributed by atoms with Gasteiger partial charge in [0.05, 0.1) is 5.39 Å². The fourth-order valence-electron chi connectivity index (χ4n) is 3.23. The second-order valence-corrected chi connectivity index (χ2v) is 7.30. The molecule has 5 aromatic rings. The number of aryl methyl sites for hydroxylation is 1. The summed E-state index contributed by atoms with van der Waals surface area (Å²) in [6, 6.07) is 18.4. The minimum Gasteiger partial charge on any atom is -0.449 e. The number of fused-ring (bicyclic) bond motifs is 1. The van der Waals surface area contributed by atoms with Crippen LogP contribution in [-0.2, 0) is 0 Å². The van der Waals surface area contributed by atoms with Crippen molar-refractivity contribution in [2.75, 3.05) is 0 Å². The number of aromatic amines is 1. The van der Waals surface area contributed by atoms with Gasteiger partial charge in [0.1, 0.15) is 16.8 Å². The summed E-state index contributed by atoms with van der Waals surface area (Å²) in [5.74, 6) is 0.949. The van der Waals surface area contributed by atoms with Crippen LogP contribution in [0.3, 0.4) is 0 Å². The summed E-state index contributed by atoms with van der Waals surface area (Å²) in [6.45, 7) is 1.75. The van der Waals surface area contributed by atoms with E-state index < -0.39 is 0 Å². The zero-order valence-electron chi connectivity index (χ0n) is 15.0. The van der Waals surface area contributed by atoms with Gasteiger partial charge in [-0.1, -0.05) is 54.6 Å². The van der Waals surface area contributed by atoms with E-state index in [1.54, 1.807) is 6.92 Å². The lowest BCUT2D eigenvalue weighted by Crippen LogP contribution is -2.09. The first kappa shape index (κ1) is 16.6. The molecule has 5 rings (SSSR count). The summed E-state index contributed by atoms with van der Waals surface area (Å²) in [5, 5.41) is 2.57. The number of nitrogens with one attached hydrogen (secondary N) is 1. The molecular formula is C22H15N3O2S. The highest BCUT2D eigenvalue weighted by atomic mass is 32.1. The molecule has 0 aliphatic carbocycles. The largest absolute Gasteiger partial charge is 0.449 e. The van der Waals surface area contributed by atoms with E-state index in [4.69, 9.17) is 4.42 Å². The van der Waals surface area contributed by atoms with Crippen LogP contribution in [0.15, 0.2) is 75.5 Å². The predicted octanol–water partition coefficient (Wildman–Crippen LogP) is 5.28. The van der Waals surface area contributed by atoms with E-state index in [-0.39, 0.29) is 5.56 Å². The molecule has 1 N–H and O–H groups in total. The Morgan fingerprint density at radius 2 is 1.64 bits per heavy atom. The van der Waals surface area contributed by atoms with Crippen molar-refractivity contribution in [3.05, 3.63) is 82.5 Å². The third-order valence-corrected chi connectivity index (χ3v) is 5.48. The van der Waals surface area contributed by atoms with Crippen molar-refractivity contribution < 1.29 is 4.42 Å². The number of benzene rings is 2. The highest BCUT2D eigenvalue weighted by molar-refractivity contribution is 7.17. The maximum Gasteiger partial charge on any atom is 0.260 e. The summed E-state index contributed by atoms with van der Waals surface area (Å²) in [7, 11) is 0. The van der Waals surface area contributed by atoms with Crippen molar-refractivity contribution in [3.8, 4) is 33.8 Å². The molecule has 0 atom stereocenters. The third kappa shape index (κ3) is 2.84. The molecule has 0 spiro atoms. The van der Waals surface area contributed by atoms with Crippen molar-refractivity contribution in [2.45, 2.75) is 6.92 Å². The monoisotopic (exact) mass is 385 g/mol. The van der Waals surface area contributed by atoms with Crippen molar-refractivity contribution in [3.63, 3.8) is 0 Å². The van der Waals surface area contributed by atoms with Gasteiger partial charge in [-0.25, -0.2) is 9.97 Å². The molecule has 28 heavy (non-hydrogen) atoms. The summed E-state index contributed by atoms with van der Waals surface area (Å²) in [5.41, 5.74) is 4.53. The topological polar surface area (TPSA) is 71.8 Å². The number of rotatable bonds is 3. The number of hydrogen-bond donors (Lipinski definition) is 1. The fourth-order valence-corrected chi connectivity index (χ4v) is 4.18. The van der Waals surface area contributed by atoms with Crippen LogP contribution in [0.25, 0.3) is 44.0 Å². The Hall–Kier alpha value is -3.51. The first-order chi connectivity index (χ1) is 13.7. The van der Waals surface area contributed by atoms with Gasteiger partial charge in [-0.2, -0.15) is 0 Å². The van der Waals surface area contributed by atoms with Crippen LogP contribution in [0.2, 0.25) is 0 Å². The van der Waals surface area contributed by atoms with Crippen LogP contribution in [0.4, 0.5) is 0 Å².